The summed E-state index contributed by atoms with van der Waals surface area (Å²) in [5, 5.41) is 2.30. The molecule has 0 aliphatic rings. The lowest BCUT2D eigenvalue weighted by Gasteiger charge is -2.19. The number of carbonyl (C=O) groups excluding carboxylic acids is 1. The maximum atomic E-state index is 11.6. The number of carbonyl (C=O) groups is 1. The smallest absolute Gasteiger partial charge is 0.178 e. The zero-order chi connectivity index (χ0) is 16.4. The van der Waals surface area contributed by atoms with Crippen LogP contribution in [0.15, 0.2) is 36.5 Å². The number of Topliss-reactive ketones (excluding diaryl/α,β-unsaturated/α-hetero) is 1. The highest BCUT2D eigenvalue weighted by Gasteiger charge is 2.13. The van der Waals surface area contributed by atoms with Gasteiger partial charge in [0.15, 0.2) is 5.78 Å². The summed E-state index contributed by atoms with van der Waals surface area (Å²) in [5.41, 5.74) is 2.84. The number of aromatic nitrogens is 2. The fourth-order valence-corrected chi connectivity index (χ4v) is 3.16. The third kappa shape index (κ3) is 3.30. The topological polar surface area (TPSA) is 38.1 Å². The van der Waals surface area contributed by atoms with Gasteiger partial charge in [0.2, 0.25) is 0 Å². The van der Waals surface area contributed by atoms with Crippen LogP contribution in [-0.2, 0) is 6.54 Å². The highest BCUT2D eigenvalue weighted by molar-refractivity contribution is 6.09. The second-order valence-corrected chi connectivity index (χ2v) is 5.84. The van der Waals surface area contributed by atoms with Crippen molar-refractivity contribution in [3.63, 3.8) is 0 Å². The molecule has 3 rings (SSSR count). The van der Waals surface area contributed by atoms with Gasteiger partial charge >= 0.3 is 0 Å². The maximum Gasteiger partial charge on any atom is 0.178 e. The molecule has 0 radical (unpaired) electrons. The molecule has 0 spiro atoms. The number of para-hydroxylation sites is 1. The number of halogens is 1. The first kappa shape index (κ1) is 18.4. The van der Waals surface area contributed by atoms with Crippen LogP contribution >= 0.6 is 12.4 Å². The lowest BCUT2D eigenvalue weighted by atomic mass is 10.1. The molecule has 0 bridgehead atoms. The van der Waals surface area contributed by atoms with Crippen molar-refractivity contribution in [1.29, 1.82) is 0 Å². The Hall–Kier alpha value is -1.91. The second-order valence-electron chi connectivity index (χ2n) is 5.84. The average Bonchev–Trinajstić information content (AvgIpc) is 2.89. The number of rotatable bonds is 6. The molecule has 0 atom stereocenters. The summed E-state index contributed by atoms with van der Waals surface area (Å²) in [6, 6.07) is 10.3. The summed E-state index contributed by atoms with van der Waals surface area (Å²) in [4.78, 5) is 18.4. The quantitative estimate of drug-likeness (QED) is 0.630. The Morgan fingerprint density at radius 3 is 2.50 bits per heavy atom. The first-order valence-corrected chi connectivity index (χ1v) is 8.26. The van der Waals surface area contributed by atoms with Crippen molar-refractivity contribution in [3.8, 4) is 0 Å². The van der Waals surface area contributed by atoms with E-state index < -0.39 is 0 Å². The Balaban J connectivity index is 0.00000208. The Morgan fingerprint density at radius 2 is 1.83 bits per heavy atom. The van der Waals surface area contributed by atoms with Gasteiger partial charge in [-0.15, -0.1) is 12.4 Å². The zero-order valence-electron chi connectivity index (χ0n) is 14.5. The van der Waals surface area contributed by atoms with Gasteiger partial charge in [0.1, 0.15) is 5.69 Å². The van der Waals surface area contributed by atoms with E-state index >= 15 is 0 Å². The minimum Gasteiger partial charge on any atom is -0.338 e. The van der Waals surface area contributed by atoms with Crippen LogP contribution in [0.3, 0.4) is 0 Å². The molecule has 0 N–H and O–H groups in total. The molecule has 128 valence electrons. The van der Waals surface area contributed by atoms with Gasteiger partial charge in [-0.2, -0.15) is 0 Å². The van der Waals surface area contributed by atoms with Crippen LogP contribution in [-0.4, -0.2) is 39.9 Å². The Bertz CT molecular complexity index is 852. The number of likely N-dealkylation sites (N-methyl/N-ethyl adjacent to an activating group) is 1. The predicted octanol–water partition coefficient (Wildman–Crippen LogP) is 4.16. The van der Waals surface area contributed by atoms with Gasteiger partial charge in [-0.1, -0.05) is 32.0 Å². The Kier molecular flexibility index (Phi) is 5.97. The summed E-state index contributed by atoms with van der Waals surface area (Å²) >= 11 is 0. The van der Waals surface area contributed by atoms with Crippen LogP contribution in [0, 0.1) is 0 Å². The van der Waals surface area contributed by atoms with E-state index in [1.54, 1.807) is 6.92 Å². The van der Waals surface area contributed by atoms with E-state index in [1.807, 2.05) is 18.3 Å². The third-order valence-corrected chi connectivity index (χ3v) is 4.55. The SMILES string of the molecule is CCN(CC)CCn1c2ccccc2c2cc(C(C)=O)ncc21.Cl. The molecule has 24 heavy (non-hydrogen) atoms. The first-order chi connectivity index (χ1) is 11.2. The molecule has 0 unspecified atom stereocenters. The summed E-state index contributed by atoms with van der Waals surface area (Å²) < 4.78 is 2.32. The highest BCUT2D eigenvalue weighted by atomic mass is 35.5. The van der Waals surface area contributed by atoms with E-state index in [0.717, 1.165) is 37.1 Å². The standard InChI is InChI=1S/C19H23N3O.ClH/c1-4-21(5-2)10-11-22-18-9-7-6-8-15(18)16-12-17(14(3)23)20-13-19(16)22;/h6-9,12-13H,4-5,10-11H2,1-3H3;1H. The minimum atomic E-state index is 0. The van der Waals surface area contributed by atoms with Gasteiger partial charge in [0.05, 0.1) is 11.7 Å². The fourth-order valence-electron chi connectivity index (χ4n) is 3.16. The molecule has 3 aromatic rings. The molecule has 4 nitrogen and oxygen atoms in total. The van der Waals surface area contributed by atoms with Gasteiger partial charge in [0, 0.05) is 36.3 Å². The molecular weight excluding hydrogens is 322 g/mol. The molecule has 0 amide bonds. The van der Waals surface area contributed by atoms with Gasteiger partial charge in [-0.25, -0.2) is 0 Å². The molecule has 2 aromatic heterocycles. The summed E-state index contributed by atoms with van der Waals surface area (Å²) in [5.74, 6) is 0.00636. The molecule has 0 aliphatic carbocycles. The predicted molar refractivity (Wildman–Crippen MR) is 102 cm³/mol. The fraction of sp³-hybridized carbons (Fsp3) is 0.368. The number of hydrogen-bond acceptors (Lipinski definition) is 3. The molecule has 0 saturated heterocycles. The zero-order valence-corrected chi connectivity index (χ0v) is 15.3. The number of fused-ring (bicyclic) bond motifs is 3. The van der Waals surface area contributed by atoms with Crippen LogP contribution in [0.4, 0.5) is 0 Å². The van der Waals surface area contributed by atoms with Crippen molar-refractivity contribution in [2.75, 3.05) is 19.6 Å². The van der Waals surface area contributed by atoms with E-state index in [-0.39, 0.29) is 18.2 Å². The number of nitrogens with zero attached hydrogens (tertiary/aromatic N) is 3. The van der Waals surface area contributed by atoms with E-state index in [2.05, 4.69) is 46.5 Å². The van der Waals surface area contributed by atoms with E-state index in [9.17, 15) is 4.79 Å². The largest absolute Gasteiger partial charge is 0.338 e. The van der Waals surface area contributed by atoms with Gasteiger partial charge < -0.3 is 9.47 Å². The third-order valence-electron chi connectivity index (χ3n) is 4.55. The van der Waals surface area contributed by atoms with Crippen LogP contribution in [0.1, 0.15) is 31.3 Å². The van der Waals surface area contributed by atoms with E-state index in [1.165, 1.54) is 10.9 Å². The lowest BCUT2D eigenvalue weighted by Crippen LogP contribution is -2.26. The summed E-state index contributed by atoms with van der Waals surface area (Å²) in [7, 11) is 0. The first-order valence-electron chi connectivity index (χ1n) is 8.26. The number of pyridine rings is 1. The van der Waals surface area contributed by atoms with Gasteiger partial charge in [0.25, 0.3) is 0 Å². The van der Waals surface area contributed by atoms with E-state index in [4.69, 9.17) is 0 Å². The molecule has 0 aliphatic heterocycles. The van der Waals surface area contributed by atoms with Gasteiger partial charge in [-0.05, 0) is 25.2 Å². The van der Waals surface area contributed by atoms with Gasteiger partial charge in [-0.3, -0.25) is 9.78 Å². The maximum absolute atomic E-state index is 11.6. The van der Waals surface area contributed by atoms with Crippen LogP contribution in [0.25, 0.3) is 21.8 Å². The summed E-state index contributed by atoms with van der Waals surface area (Å²) in [6.45, 7) is 9.99. The number of ketones is 1. The number of benzene rings is 1. The Labute approximate surface area is 148 Å². The molecular formula is C19H24ClN3O. The van der Waals surface area contributed by atoms with Crippen molar-refractivity contribution in [3.05, 3.63) is 42.2 Å². The molecule has 2 heterocycles. The molecule has 0 saturated carbocycles. The highest BCUT2D eigenvalue weighted by Crippen LogP contribution is 2.29. The molecule has 1 aromatic carbocycles. The van der Waals surface area contributed by atoms with Crippen molar-refractivity contribution in [1.82, 2.24) is 14.5 Å². The van der Waals surface area contributed by atoms with Crippen LogP contribution < -0.4 is 0 Å². The summed E-state index contributed by atoms with van der Waals surface area (Å²) in [6.07, 6.45) is 1.84. The second kappa shape index (κ2) is 7.77. The minimum absolute atomic E-state index is 0. The monoisotopic (exact) mass is 345 g/mol. The van der Waals surface area contributed by atoms with E-state index in [0.29, 0.717) is 5.69 Å². The normalized spacial score (nSPS) is 11.2. The van der Waals surface area contributed by atoms with Crippen molar-refractivity contribution < 1.29 is 4.79 Å². The molecule has 0 fully saturated rings. The van der Waals surface area contributed by atoms with Crippen LogP contribution in [0.5, 0.6) is 0 Å². The molecule has 5 heteroatoms. The van der Waals surface area contributed by atoms with Crippen molar-refractivity contribution >= 4 is 40.0 Å². The number of hydrogen-bond donors (Lipinski definition) is 0. The van der Waals surface area contributed by atoms with Crippen LogP contribution in [0.2, 0.25) is 0 Å². The lowest BCUT2D eigenvalue weighted by molar-refractivity contribution is 0.101. The van der Waals surface area contributed by atoms with Crippen molar-refractivity contribution in [2.24, 2.45) is 0 Å². The average molecular weight is 346 g/mol. The van der Waals surface area contributed by atoms with Crippen molar-refractivity contribution in [2.45, 2.75) is 27.3 Å². The Morgan fingerprint density at radius 1 is 1.12 bits per heavy atom.